The Morgan fingerprint density at radius 3 is 2.53 bits per heavy atom. The van der Waals surface area contributed by atoms with Gasteiger partial charge in [0, 0.05) is 5.69 Å². The Kier molecular flexibility index (Phi) is 9.37. The number of para-hydroxylation sites is 1. The summed E-state index contributed by atoms with van der Waals surface area (Å²) in [4.78, 5) is 24.1. The largest absolute Gasteiger partial charge is 0.490 e. The summed E-state index contributed by atoms with van der Waals surface area (Å²) < 4.78 is 11.3. The fourth-order valence-corrected chi connectivity index (χ4v) is 2.71. The Hall–Kier alpha value is -3.35. The van der Waals surface area contributed by atoms with Crippen molar-refractivity contribution >= 4 is 23.7 Å². The first-order valence-corrected chi connectivity index (χ1v) is 10.2. The second-order valence-electron chi connectivity index (χ2n) is 6.52. The molecule has 7 heteroatoms. The van der Waals surface area contributed by atoms with Crippen LogP contribution in [0.4, 0.5) is 5.69 Å². The van der Waals surface area contributed by atoms with Crippen LogP contribution in [0.15, 0.2) is 47.6 Å². The van der Waals surface area contributed by atoms with Crippen molar-refractivity contribution in [2.75, 3.05) is 18.5 Å². The van der Waals surface area contributed by atoms with E-state index in [0.717, 1.165) is 29.7 Å². The highest BCUT2D eigenvalue weighted by Crippen LogP contribution is 2.28. The van der Waals surface area contributed by atoms with Crippen molar-refractivity contribution in [3.8, 4) is 11.5 Å². The van der Waals surface area contributed by atoms with E-state index in [2.05, 4.69) is 15.8 Å². The van der Waals surface area contributed by atoms with Crippen LogP contribution < -0.4 is 20.2 Å². The van der Waals surface area contributed by atoms with Crippen LogP contribution in [0.2, 0.25) is 0 Å². The molecule has 0 spiro atoms. The van der Waals surface area contributed by atoms with Gasteiger partial charge in [0.25, 0.3) is 0 Å². The Morgan fingerprint density at radius 1 is 1.00 bits per heavy atom. The molecule has 2 amide bonds. The van der Waals surface area contributed by atoms with Crippen molar-refractivity contribution in [2.24, 2.45) is 5.10 Å². The maximum atomic E-state index is 12.1. The number of ether oxygens (including phenoxy) is 2. The smallest absolute Gasteiger partial charge is 0.249 e. The van der Waals surface area contributed by atoms with Gasteiger partial charge in [0.1, 0.15) is 6.42 Å². The molecule has 0 atom stereocenters. The molecule has 2 N–H and O–H groups in total. The number of anilines is 1. The van der Waals surface area contributed by atoms with Gasteiger partial charge in [0.2, 0.25) is 11.8 Å². The molecule has 2 rings (SSSR count). The number of rotatable bonds is 11. The van der Waals surface area contributed by atoms with Gasteiger partial charge in [-0.1, -0.05) is 32.0 Å². The molecule has 0 saturated heterocycles. The van der Waals surface area contributed by atoms with Gasteiger partial charge < -0.3 is 14.8 Å². The third-order valence-corrected chi connectivity index (χ3v) is 4.13. The summed E-state index contributed by atoms with van der Waals surface area (Å²) in [6.45, 7) is 7.05. The summed E-state index contributed by atoms with van der Waals surface area (Å²) in [7, 11) is 0. The number of nitrogens with zero attached hydrogens (tertiary/aromatic N) is 1. The first kappa shape index (κ1) is 22.9. The lowest BCUT2D eigenvalue weighted by Crippen LogP contribution is -2.25. The fraction of sp³-hybridized carbons (Fsp3) is 0.348. The Balaban J connectivity index is 1.90. The van der Waals surface area contributed by atoms with Crippen molar-refractivity contribution in [2.45, 2.75) is 40.0 Å². The molecule has 160 valence electrons. The van der Waals surface area contributed by atoms with Crippen LogP contribution in [0, 0.1) is 0 Å². The number of aryl methyl sites for hydroxylation is 1. The van der Waals surface area contributed by atoms with Gasteiger partial charge in [-0.15, -0.1) is 0 Å². The summed E-state index contributed by atoms with van der Waals surface area (Å²) in [5.74, 6) is 0.407. The highest BCUT2D eigenvalue weighted by molar-refractivity contribution is 6.04. The minimum Gasteiger partial charge on any atom is -0.490 e. The normalized spacial score (nSPS) is 10.6. The molecule has 0 fully saturated rings. The molecule has 0 aromatic heterocycles. The standard InChI is InChI=1S/C23H29N3O4/c1-4-13-30-20-12-11-17(14-21(20)29-6-3)16-24-26-23(28)15-22(27)25-19-10-8-7-9-18(19)5-2/h7-12,14,16H,4-6,13,15H2,1-3H3,(H,25,27)(H,26,28). The summed E-state index contributed by atoms with van der Waals surface area (Å²) in [5, 5.41) is 6.69. The van der Waals surface area contributed by atoms with Crippen molar-refractivity contribution in [3.05, 3.63) is 53.6 Å². The van der Waals surface area contributed by atoms with Gasteiger partial charge in [0.05, 0.1) is 19.4 Å². The summed E-state index contributed by atoms with van der Waals surface area (Å²) in [6.07, 6.45) is 2.87. The van der Waals surface area contributed by atoms with Gasteiger partial charge in [-0.25, -0.2) is 5.43 Å². The molecule has 0 saturated carbocycles. The molecule has 0 heterocycles. The van der Waals surface area contributed by atoms with Crippen LogP contribution >= 0.6 is 0 Å². The van der Waals surface area contributed by atoms with E-state index in [9.17, 15) is 9.59 Å². The number of hydrogen-bond acceptors (Lipinski definition) is 5. The van der Waals surface area contributed by atoms with E-state index in [1.54, 1.807) is 6.07 Å². The zero-order chi connectivity index (χ0) is 21.8. The number of amides is 2. The average molecular weight is 412 g/mol. The zero-order valence-electron chi connectivity index (χ0n) is 17.7. The van der Waals surface area contributed by atoms with Crippen LogP contribution in [0.3, 0.4) is 0 Å². The molecule has 0 radical (unpaired) electrons. The molecular weight excluding hydrogens is 382 g/mol. The molecule has 0 bridgehead atoms. The first-order valence-electron chi connectivity index (χ1n) is 10.2. The average Bonchev–Trinajstić information content (AvgIpc) is 2.73. The van der Waals surface area contributed by atoms with Crippen molar-refractivity contribution in [1.82, 2.24) is 5.43 Å². The molecule has 0 aliphatic carbocycles. The van der Waals surface area contributed by atoms with Gasteiger partial charge in [0.15, 0.2) is 11.5 Å². The van der Waals surface area contributed by atoms with Crippen molar-refractivity contribution in [1.29, 1.82) is 0 Å². The maximum Gasteiger partial charge on any atom is 0.249 e. The van der Waals surface area contributed by atoms with E-state index < -0.39 is 5.91 Å². The molecule has 2 aromatic rings. The number of benzene rings is 2. The van der Waals surface area contributed by atoms with Crippen LogP contribution in [0.25, 0.3) is 0 Å². The van der Waals surface area contributed by atoms with Crippen LogP contribution in [-0.4, -0.2) is 31.2 Å². The lowest BCUT2D eigenvalue weighted by atomic mass is 10.1. The fourth-order valence-electron chi connectivity index (χ4n) is 2.71. The first-order chi connectivity index (χ1) is 14.6. The molecule has 0 aliphatic heterocycles. The molecule has 0 aliphatic rings. The van der Waals surface area contributed by atoms with Crippen LogP contribution in [-0.2, 0) is 16.0 Å². The number of carbonyl (C=O) groups is 2. The maximum absolute atomic E-state index is 12.1. The predicted molar refractivity (Wildman–Crippen MR) is 118 cm³/mol. The van der Waals surface area contributed by atoms with Crippen molar-refractivity contribution in [3.63, 3.8) is 0 Å². The minimum absolute atomic E-state index is 0.316. The monoisotopic (exact) mass is 411 g/mol. The Labute approximate surface area is 177 Å². The van der Waals surface area contributed by atoms with Gasteiger partial charge in [-0.2, -0.15) is 5.10 Å². The summed E-state index contributed by atoms with van der Waals surface area (Å²) in [6, 6.07) is 12.9. The van der Waals surface area contributed by atoms with E-state index in [0.29, 0.717) is 24.7 Å². The number of hydrazone groups is 1. The number of nitrogens with one attached hydrogen (secondary N) is 2. The third kappa shape index (κ3) is 7.24. The topological polar surface area (TPSA) is 89.0 Å². The highest BCUT2D eigenvalue weighted by Gasteiger charge is 2.11. The Morgan fingerprint density at radius 2 is 1.80 bits per heavy atom. The molecule has 0 unspecified atom stereocenters. The lowest BCUT2D eigenvalue weighted by Gasteiger charge is -2.11. The zero-order valence-corrected chi connectivity index (χ0v) is 17.7. The van der Waals surface area contributed by atoms with E-state index >= 15 is 0 Å². The number of hydrogen-bond donors (Lipinski definition) is 2. The molecule has 7 nitrogen and oxygen atoms in total. The molecule has 30 heavy (non-hydrogen) atoms. The second-order valence-corrected chi connectivity index (χ2v) is 6.52. The minimum atomic E-state index is -0.495. The van der Waals surface area contributed by atoms with E-state index in [1.807, 2.05) is 57.2 Å². The van der Waals surface area contributed by atoms with Gasteiger partial charge in [-0.05, 0) is 55.2 Å². The second kappa shape index (κ2) is 12.3. The van der Waals surface area contributed by atoms with E-state index in [1.165, 1.54) is 6.21 Å². The number of carbonyl (C=O) groups excluding carboxylic acids is 2. The molecule has 2 aromatic carbocycles. The predicted octanol–water partition coefficient (Wildman–Crippen LogP) is 3.92. The van der Waals surface area contributed by atoms with Crippen molar-refractivity contribution < 1.29 is 19.1 Å². The molecular formula is C23H29N3O4. The quantitative estimate of drug-likeness (QED) is 0.333. The van der Waals surface area contributed by atoms with Crippen LogP contribution in [0.5, 0.6) is 11.5 Å². The third-order valence-electron chi connectivity index (χ3n) is 4.13. The summed E-state index contributed by atoms with van der Waals surface area (Å²) >= 11 is 0. The van der Waals surface area contributed by atoms with E-state index in [4.69, 9.17) is 9.47 Å². The van der Waals surface area contributed by atoms with Crippen LogP contribution in [0.1, 0.15) is 44.7 Å². The highest BCUT2D eigenvalue weighted by atomic mass is 16.5. The van der Waals surface area contributed by atoms with E-state index in [-0.39, 0.29) is 12.3 Å². The lowest BCUT2D eigenvalue weighted by molar-refractivity contribution is -0.126. The van der Waals surface area contributed by atoms with Gasteiger partial charge >= 0.3 is 0 Å². The Bertz CT molecular complexity index is 881. The van der Waals surface area contributed by atoms with Gasteiger partial charge in [-0.3, -0.25) is 9.59 Å². The summed E-state index contributed by atoms with van der Waals surface area (Å²) in [5.41, 5.74) is 4.85. The SMILES string of the molecule is CCCOc1ccc(C=NNC(=O)CC(=O)Nc2ccccc2CC)cc1OCC.